The molecule has 190 valence electrons. The molecule has 0 atom stereocenters. The maximum Gasteiger partial charge on any atom is 0.345 e. The fourth-order valence-corrected chi connectivity index (χ4v) is 6.86. The molecule has 1 aliphatic rings. The van der Waals surface area contributed by atoms with Gasteiger partial charge in [-0.3, -0.25) is 18.7 Å². The highest BCUT2D eigenvalue weighted by molar-refractivity contribution is 7.71. The third-order valence-electron chi connectivity index (χ3n) is 6.50. The Bertz CT molecular complexity index is 1650. The van der Waals surface area contributed by atoms with E-state index in [1.165, 1.54) is 25.1 Å². The number of benzene rings is 2. The molecule has 0 unspecified atom stereocenters. The van der Waals surface area contributed by atoms with Crippen LogP contribution in [0.5, 0.6) is 5.75 Å². The molecule has 0 amide bonds. The summed E-state index contributed by atoms with van der Waals surface area (Å²) in [6, 6.07) is 13.7. The number of ether oxygens (including phenoxy) is 1. The number of nitrogens with zero attached hydrogens (tertiary/aromatic N) is 2. The van der Waals surface area contributed by atoms with Crippen LogP contribution in [0.3, 0.4) is 0 Å². The molecule has 1 fully saturated rings. The number of aromatic nitrogens is 2. The Labute approximate surface area is 232 Å². The predicted molar refractivity (Wildman–Crippen MR) is 150 cm³/mol. The zero-order chi connectivity index (χ0) is 26.3. The molecule has 0 aliphatic heterocycles. The van der Waals surface area contributed by atoms with Gasteiger partial charge in [0.1, 0.15) is 15.1 Å². The minimum atomic E-state index is -0.791. The smallest absolute Gasteiger partial charge is 0.345 e. The van der Waals surface area contributed by atoms with Crippen LogP contribution in [0, 0.1) is 4.77 Å². The Hall–Kier alpha value is -2.78. The van der Waals surface area contributed by atoms with Gasteiger partial charge in [-0.25, -0.2) is 4.79 Å². The van der Waals surface area contributed by atoms with Crippen LogP contribution < -0.4 is 10.3 Å². The van der Waals surface area contributed by atoms with Crippen LogP contribution in [0.4, 0.5) is 0 Å². The van der Waals surface area contributed by atoms with E-state index in [2.05, 4.69) is 0 Å². The number of carbonyl (C=O) groups is 2. The number of hydrogen-bond donors (Lipinski definition) is 0. The molecule has 0 N–H and O–H groups in total. The number of rotatable bonds is 5. The summed E-state index contributed by atoms with van der Waals surface area (Å²) in [5, 5.41) is 0.620. The molecule has 2 aromatic heterocycles. The summed E-state index contributed by atoms with van der Waals surface area (Å²) in [5.74, 6) is -1.20. The molecule has 10 heteroatoms. The normalized spacial score (nSPS) is 14.1. The van der Waals surface area contributed by atoms with Gasteiger partial charge in [0.15, 0.2) is 16.3 Å². The molecule has 0 radical (unpaired) electrons. The van der Waals surface area contributed by atoms with Gasteiger partial charge in [-0.05, 0) is 55.4 Å². The minimum absolute atomic E-state index is 0.0715. The minimum Gasteiger partial charge on any atom is -0.420 e. The topological polar surface area (TPSA) is 70.3 Å². The van der Waals surface area contributed by atoms with Crippen molar-refractivity contribution in [3.63, 3.8) is 0 Å². The van der Waals surface area contributed by atoms with Crippen LogP contribution in [0.15, 0.2) is 53.3 Å². The maximum absolute atomic E-state index is 14.1. The fourth-order valence-electron chi connectivity index (χ4n) is 4.75. The maximum atomic E-state index is 14.1. The highest BCUT2D eigenvalue weighted by Gasteiger charge is 2.29. The van der Waals surface area contributed by atoms with Crippen molar-refractivity contribution in [1.82, 2.24) is 9.13 Å². The summed E-state index contributed by atoms with van der Waals surface area (Å²) in [6.45, 7) is 1.37. The van der Waals surface area contributed by atoms with E-state index in [9.17, 15) is 14.4 Å². The van der Waals surface area contributed by atoms with Crippen LogP contribution in [-0.4, -0.2) is 20.9 Å². The van der Waals surface area contributed by atoms with Crippen LogP contribution in [0.1, 0.15) is 65.1 Å². The summed E-state index contributed by atoms with van der Waals surface area (Å²) < 4.78 is 9.56. The van der Waals surface area contributed by atoms with Crippen molar-refractivity contribution in [3.8, 4) is 11.4 Å². The Morgan fingerprint density at radius 2 is 1.76 bits per heavy atom. The highest BCUT2D eigenvalue weighted by atomic mass is 35.5. The lowest BCUT2D eigenvalue weighted by atomic mass is 9.95. The number of hydrogen-bond acceptors (Lipinski definition) is 6. The van der Waals surface area contributed by atoms with Gasteiger partial charge in [-0.1, -0.05) is 60.7 Å². The molecule has 1 saturated carbocycles. The molecule has 0 spiro atoms. The monoisotopic (exact) mass is 572 g/mol. The van der Waals surface area contributed by atoms with E-state index in [0.717, 1.165) is 49.1 Å². The van der Waals surface area contributed by atoms with E-state index >= 15 is 0 Å². The zero-order valence-corrected chi connectivity index (χ0v) is 23.0. The number of thiophene rings is 1. The van der Waals surface area contributed by atoms with E-state index in [-0.39, 0.29) is 44.0 Å². The zero-order valence-electron chi connectivity index (χ0n) is 19.8. The van der Waals surface area contributed by atoms with E-state index < -0.39 is 5.97 Å². The number of fused-ring (bicyclic) bond motifs is 1. The Morgan fingerprint density at radius 3 is 2.41 bits per heavy atom. The van der Waals surface area contributed by atoms with Crippen molar-refractivity contribution < 1.29 is 14.3 Å². The molecule has 1 aliphatic carbocycles. The molecule has 4 aromatic rings. The van der Waals surface area contributed by atoms with E-state index in [4.69, 9.17) is 40.2 Å². The molecule has 37 heavy (non-hydrogen) atoms. The summed E-state index contributed by atoms with van der Waals surface area (Å²) in [6.07, 6.45) is 4.74. The van der Waals surface area contributed by atoms with Crippen molar-refractivity contribution in [1.29, 1.82) is 0 Å². The Balaban J connectivity index is 1.80. The number of Topliss-reactive ketones (excluding diaryl/α,β-unsaturated/α-hetero) is 1. The first-order chi connectivity index (χ1) is 17.8. The third-order valence-corrected chi connectivity index (χ3v) is 8.68. The van der Waals surface area contributed by atoms with Crippen molar-refractivity contribution in [3.05, 3.63) is 84.1 Å². The van der Waals surface area contributed by atoms with Crippen LogP contribution >= 0.6 is 46.8 Å². The first-order valence-corrected chi connectivity index (χ1v) is 13.8. The number of para-hydroxylation sites is 1. The number of ketones is 1. The number of halogens is 2. The average Bonchev–Trinajstić information content (AvgIpc) is 3.24. The van der Waals surface area contributed by atoms with Gasteiger partial charge in [0.25, 0.3) is 5.56 Å². The predicted octanol–water partition coefficient (Wildman–Crippen LogP) is 7.82. The van der Waals surface area contributed by atoms with E-state index in [0.29, 0.717) is 14.6 Å². The molecule has 0 bridgehead atoms. The fraction of sp³-hybridized carbons (Fsp3) is 0.259. The second kappa shape index (κ2) is 10.5. The summed E-state index contributed by atoms with van der Waals surface area (Å²) in [7, 11) is 0. The molecular formula is C27H22Cl2N2O4S2. The first-order valence-electron chi connectivity index (χ1n) is 11.9. The van der Waals surface area contributed by atoms with E-state index in [1.54, 1.807) is 9.13 Å². The highest BCUT2D eigenvalue weighted by Crippen LogP contribution is 2.39. The lowest BCUT2D eigenvalue weighted by Gasteiger charge is -2.25. The molecule has 2 heterocycles. The van der Waals surface area contributed by atoms with Crippen molar-refractivity contribution in [2.24, 2.45) is 0 Å². The lowest BCUT2D eigenvalue weighted by molar-refractivity contribution is 0.0736. The van der Waals surface area contributed by atoms with Crippen molar-refractivity contribution in [2.45, 2.75) is 45.1 Å². The summed E-state index contributed by atoms with van der Waals surface area (Å²) in [4.78, 5) is 40.6. The van der Waals surface area contributed by atoms with Gasteiger partial charge in [0.2, 0.25) is 0 Å². The Morgan fingerprint density at radius 1 is 1.05 bits per heavy atom. The van der Waals surface area contributed by atoms with E-state index in [1.807, 2.05) is 30.3 Å². The molecule has 2 aromatic carbocycles. The molecule has 5 rings (SSSR count). The van der Waals surface area contributed by atoms with Gasteiger partial charge in [-0.15, -0.1) is 11.3 Å². The van der Waals surface area contributed by atoms with Gasteiger partial charge < -0.3 is 4.74 Å². The first kappa shape index (κ1) is 25.9. The lowest BCUT2D eigenvalue weighted by Crippen LogP contribution is -2.30. The number of carbonyl (C=O) groups excluding carboxylic acids is 2. The summed E-state index contributed by atoms with van der Waals surface area (Å²) >= 11 is 19.2. The van der Waals surface area contributed by atoms with Gasteiger partial charge in [0, 0.05) is 23.7 Å². The average molecular weight is 574 g/mol. The second-order valence-electron chi connectivity index (χ2n) is 8.93. The third kappa shape index (κ3) is 4.79. The Kier molecular flexibility index (Phi) is 7.36. The quantitative estimate of drug-likeness (QED) is 0.138. The molecule has 0 saturated heterocycles. The van der Waals surface area contributed by atoms with Gasteiger partial charge in [-0.2, -0.15) is 0 Å². The van der Waals surface area contributed by atoms with Crippen LogP contribution in [-0.2, 0) is 0 Å². The number of esters is 1. The SMILES string of the molecule is CC(=O)c1sc2c(c1OC(=O)c1ccc(Cl)cc1Cl)c(=O)n(C1CCCCC1)c(=S)n2-c1ccccc1. The van der Waals surface area contributed by atoms with Crippen LogP contribution in [0.2, 0.25) is 10.0 Å². The van der Waals surface area contributed by atoms with Gasteiger partial charge >= 0.3 is 5.97 Å². The molecule has 6 nitrogen and oxygen atoms in total. The van der Waals surface area contributed by atoms with Gasteiger partial charge in [0.05, 0.1) is 10.6 Å². The van der Waals surface area contributed by atoms with Crippen molar-refractivity contribution in [2.75, 3.05) is 0 Å². The van der Waals surface area contributed by atoms with Crippen LogP contribution in [0.25, 0.3) is 15.9 Å². The largest absolute Gasteiger partial charge is 0.420 e. The molecular weight excluding hydrogens is 551 g/mol. The second-order valence-corrected chi connectivity index (χ2v) is 11.1. The standard InChI is InChI=1S/C27H22Cl2N2O4S2/c1-15(32)23-22(35-26(34)19-13-12-16(28)14-20(19)29)21-24(33)30(17-8-4-2-5-9-17)27(36)31(25(21)37-23)18-10-6-3-7-11-18/h3,6-7,10-14,17H,2,4-5,8-9H2,1H3. The summed E-state index contributed by atoms with van der Waals surface area (Å²) in [5.41, 5.74) is 0.452. The van der Waals surface area contributed by atoms with Crippen molar-refractivity contribution >= 4 is 68.7 Å².